The third-order valence-corrected chi connectivity index (χ3v) is 5.37. The molecule has 0 unspecified atom stereocenters. The van der Waals surface area contributed by atoms with Gasteiger partial charge >= 0.3 is 5.97 Å². The number of nitrogens with one attached hydrogen (secondary N) is 1. The number of nitrogens with zero attached hydrogens (tertiary/aromatic N) is 2. The van der Waals surface area contributed by atoms with Crippen molar-refractivity contribution >= 4 is 34.3 Å². The summed E-state index contributed by atoms with van der Waals surface area (Å²) in [4.78, 5) is 41.6. The molecule has 0 saturated carbocycles. The van der Waals surface area contributed by atoms with E-state index in [2.05, 4.69) is 10.3 Å². The van der Waals surface area contributed by atoms with Gasteiger partial charge < -0.3 is 19.5 Å². The lowest BCUT2D eigenvalue weighted by Crippen LogP contribution is -2.28. The Balaban J connectivity index is 1.20. The normalized spacial score (nSPS) is 14.9. The van der Waals surface area contributed by atoms with Crippen LogP contribution in [0.3, 0.4) is 0 Å². The SMILES string of the molecule is O=C(COC(=O)Cc1csc(N2CCCC2=O)n1)NCc1ccc2c(c1)OCO2. The summed E-state index contributed by atoms with van der Waals surface area (Å²) < 4.78 is 15.5. The van der Waals surface area contributed by atoms with Gasteiger partial charge in [0.15, 0.2) is 23.2 Å². The molecule has 9 nitrogen and oxygen atoms in total. The number of carbonyl (C=O) groups is 3. The molecule has 3 heterocycles. The standard InChI is InChI=1S/C19H19N3O6S/c23-16(20-8-12-3-4-14-15(6-12)28-11-27-14)9-26-18(25)7-13-10-29-19(21-13)22-5-1-2-17(22)24/h3-4,6,10H,1-2,5,7-9,11H2,(H,20,23). The van der Waals surface area contributed by atoms with Gasteiger partial charge in [-0.15, -0.1) is 11.3 Å². The molecule has 152 valence electrons. The van der Waals surface area contributed by atoms with Crippen LogP contribution in [0, 0.1) is 0 Å². The van der Waals surface area contributed by atoms with Crippen LogP contribution >= 0.6 is 11.3 Å². The lowest BCUT2D eigenvalue weighted by Gasteiger charge is -2.10. The van der Waals surface area contributed by atoms with Gasteiger partial charge in [0.25, 0.3) is 5.91 Å². The van der Waals surface area contributed by atoms with Crippen LogP contribution in [0.1, 0.15) is 24.1 Å². The molecule has 0 aliphatic carbocycles. The number of thiazole rings is 1. The van der Waals surface area contributed by atoms with Crippen LogP contribution in [-0.4, -0.2) is 42.7 Å². The topological polar surface area (TPSA) is 107 Å². The lowest BCUT2D eigenvalue weighted by atomic mass is 10.2. The van der Waals surface area contributed by atoms with Crippen LogP contribution < -0.4 is 19.7 Å². The van der Waals surface area contributed by atoms with Gasteiger partial charge in [-0.05, 0) is 24.1 Å². The second kappa shape index (κ2) is 8.48. The fourth-order valence-electron chi connectivity index (χ4n) is 3.00. The zero-order chi connectivity index (χ0) is 20.2. The van der Waals surface area contributed by atoms with Crippen LogP contribution in [0.2, 0.25) is 0 Å². The maximum Gasteiger partial charge on any atom is 0.312 e. The molecular weight excluding hydrogens is 398 g/mol. The Hall–Kier alpha value is -3.14. The van der Waals surface area contributed by atoms with Crippen LogP contribution in [0.5, 0.6) is 11.5 Å². The van der Waals surface area contributed by atoms with Gasteiger partial charge in [0.1, 0.15) is 0 Å². The minimum absolute atomic E-state index is 0.0476. The molecule has 0 radical (unpaired) electrons. The number of ether oxygens (including phenoxy) is 3. The molecule has 2 aromatic rings. The van der Waals surface area contributed by atoms with E-state index in [1.165, 1.54) is 11.3 Å². The Morgan fingerprint density at radius 1 is 1.28 bits per heavy atom. The van der Waals surface area contributed by atoms with Gasteiger partial charge in [-0.25, -0.2) is 4.98 Å². The fourth-order valence-corrected chi connectivity index (χ4v) is 3.87. The summed E-state index contributed by atoms with van der Waals surface area (Å²) in [5, 5.41) is 5.00. The minimum Gasteiger partial charge on any atom is -0.455 e. The van der Waals surface area contributed by atoms with E-state index < -0.39 is 11.9 Å². The van der Waals surface area contributed by atoms with E-state index in [1.54, 1.807) is 22.4 Å². The van der Waals surface area contributed by atoms with Crippen molar-refractivity contribution in [3.63, 3.8) is 0 Å². The molecule has 1 saturated heterocycles. The summed E-state index contributed by atoms with van der Waals surface area (Å²) in [6, 6.07) is 5.39. The highest BCUT2D eigenvalue weighted by molar-refractivity contribution is 7.14. The first-order valence-corrected chi connectivity index (χ1v) is 10.0. The molecule has 2 amide bonds. The van der Waals surface area contributed by atoms with Crippen LogP contribution in [0.25, 0.3) is 0 Å². The van der Waals surface area contributed by atoms with Gasteiger partial charge in [-0.2, -0.15) is 0 Å². The molecule has 2 aliphatic heterocycles. The molecule has 10 heteroatoms. The largest absolute Gasteiger partial charge is 0.455 e. The molecule has 4 rings (SSSR count). The molecule has 2 aliphatic rings. The number of rotatable bonds is 7. The Morgan fingerprint density at radius 2 is 2.14 bits per heavy atom. The van der Waals surface area contributed by atoms with E-state index in [1.807, 2.05) is 6.07 Å². The van der Waals surface area contributed by atoms with E-state index in [-0.39, 0.29) is 32.3 Å². The summed E-state index contributed by atoms with van der Waals surface area (Å²) in [6.45, 7) is 0.757. The number of anilines is 1. The third kappa shape index (κ3) is 4.65. The molecule has 1 aromatic carbocycles. The Labute approximate surface area is 170 Å². The predicted octanol–water partition coefficient (Wildman–Crippen LogP) is 1.40. The molecule has 29 heavy (non-hydrogen) atoms. The number of hydrogen-bond acceptors (Lipinski definition) is 8. The highest BCUT2D eigenvalue weighted by Crippen LogP contribution is 2.32. The van der Waals surface area contributed by atoms with Gasteiger partial charge in [-0.3, -0.25) is 19.3 Å². The number of benzene rings is 1. The number of amides is 2. The molecule has 0 bridgehead atoms. The number of aromatic nitrogens is 1. The molecule has 0 spiro atoms. The zero-order valence-corrected chi connectivity index (χ0v) is 16.3. The maximum absolute atomic E-state index is 12.0. The second-order valence-corrected chi connectivity index (χ2v) is 7.41. The van der Waals surface area contributed by atoms with Gasteiger partial charge in [0.05, 0.1) is 12.1 Å². The first kappa shape index (κ1) is 19.2. The molecular formula is C19H19N3O6S. The van der Waals surface area contributed by atoms with E-state index in [9.17, 15) is 14.4 Å². The van der Waals surface area contributed by atoms with Crippen molar-refractivity contribution < 1.29 is 28.6 Å². The van der Waals surface area contributed by atoms with Crippen molar-refractivity contribution in [1.82, 2.24) is 10.3 Å². The van der Waals surface area contributed by atoms with Crippen molar-refractivity contribution in [3.05, 3.63) is 34.8 Å². The van der Waals surface area contributed by atoms with Crippen molar-refractivity contribution in [2.45, 2.75) is 25.8 Å². The summed E-state index contributed by atoms with van der Waals surface area (Å²) in [5.74, 6) is 0.410. The second-order valence-electron chi connectivity index (χ2n) is 6.57. The Kier molecular flexibility index (Phi) is 5.61. The molecule has 0 atom stereocenters. The van der Waals surface area contributed by atoms with Crippen molar-refractivity contribution in [1.29, 1.82) is 0 Å². The van der Waals surface area contributed by atoms with Crippen molar-refractivity contribution in [2.75, 3.05) is 24.8 Å². The van der Waals surface area contributed by atoms with Crippen LogP contribution in [-0.2, 0) is 32.1 Å². The maximum atomic E-state index is 12.0. The summed E-state index contributed by atoms with van der Waals surface area (Å²) in [6.07, 6.45) is 1.30. The zero-order valence-electron chi connectivity index (χ0n) is 15.5. The third-order valence-electron chi connectivity index (χ3n) is 4.46. The quantitative estimate of drug-likeness (QED) is 0.679. The fraction of sp³-hybridized carbons (Fsp3) is 0.368. The molecule has 1 N–H and O–H groups in total. The first-order valence-electron chi connectivity index (χ1n) is 9.14. The average molecular weight is 417 g/mol. The van der Waals surface area contributed by atoms with Crippen LogP contribution in [0.4, 0.5) is 5.13 Å². The lowest BCUT2D eigenvalue weighted by molar-refractivity contribution is -0.147. The van der Waals surface area contributed by atoms with Crippen molar-refractivity contribution in [3.8, 4) is 11.5 Å². The van der Waals surface area contributed by atoms with E-state index in [0.29, 0.717) is 35.3 Å². The first-order chi connectivity index (χ1) is 14.1. The van der Waals surface area contributed by atoms with Gasteiger partial charge in [-0.1, -0.05) is 6.07 Å². The highest BCUT2D eigenvalue weighted by Gasteiger charge is 2.24. The van der Waals surface area contributed by atoms with Crippen molar-refractivity contribution in [2.24, 2.45) is 0 Å². The number of fused-ring (bicyclic) bond motifs is 1. The monoisotopic (exact) mass is 417 g/mol. The smallest absolute Gasteiger partial charge is 0.312 e. The minimum atomic E-state index is -0.548. The molecule has 1 aromatic heterocycles. The average Bonchev–Trinajstić information content (AvgIpc) is 3.45. The van der Waals surface area contributed by atoms with Crippen LogP contribution in [0.15, 0.2) is 23.6 Å². The predicted molar refractivity (Wildman–Crippen MR) is 103 cm³/mol. The summed E-state index contributed by atoms with van der Waals surface area (Å²) >= 11 is 1.32. The van der Waals surface area contributed by atoms with Gasteiger partial charge in [0, 0.05) is 24.9 Å². The van der Waals surface area contributed by atoms with E-state index in [0.717, 1.165) is 12.0 Å². The number of carbonyl (C=O) groups excluding carboxylic acids is 3. The van der Waals surface area contributed by atoms with Gasteiger partial charge in [0.2, 0.25) is 12.7 Å². The highest BCUT2D eigenvalue weighted by atomic mass is 32.1. The number of esters is 1. The van der Waals surface area contributed by atoms with E-state index >= 15 is 0 Å². The number of hydrogen-bond donors (Lipinski definition) is 1. The Morgan fingerprint density at radius 3 is 2.97 bits per heavy atom. The van der Waals surface area contributed by atoms with E-state index in [4.69, 9.17) is 14.2 Å². The Bertz CT molecular complexity index is 944. The molecule has 1 fully saturated rings. The summed E-state index contributed by atoms with van der Waals surface area (Å²) in [5.41, 5.74) is 1.37. The summed E-state index contributed by atoms with van der Waals surface area (Å²) in [7, 11) is 0.